The van der Waals surface area contributed by atoms with Gasteiger partial charge in [0, 0.05) is 30.5 Å². The average molecular weight is 256 g/mol. The molecule has 1 unspecified atom stereocenters. The van der Waals surface area contributed by atoms with E-state index in [9.17, 15) is 0 Å². The van der Waals surface area contributed by atoms with Crippen LogP contribution in [0.3, 0.4) is 0 Å². The molecule has 1 aromatic heterocycles. The predicted octanol–water partition coefficient (Wildman–Crippen LogP) is 3.40. The third-order valence-corrected chi connectivity index (χ3v) is 3.39. The summed E-state index contributed by atoms with van der Waals surface area (Å²) in [7, 11) is 0. The van der Waals surface area contributed by atoms with Crippen molar-refractivity contribution in [2.45, 2.75) is 40.0 Å². The van der Waals surface area contributed by atoms with Crippen molar-refractivity contribution in [3.8, 4) is 0 Å². The van der Waals surface area contributed by atoms with E-state index in [2.05, 4.69) is 35.6 Å². The Morgan fingerprint density at radius 2 is 2.12 bits per heavy atom. The first-order valence-electron chi connectivity index (χ1n) is 6.25. The fourth-order valence-corrected chi connectivity index (χ4v) is 1.88. The van der Waals surface area contributed by atoms with E-state index in [0.29, 0.717) is 11.8 Å². The highest BCUT2D eigenvalue weighted by molar-refractivity contribution is 6.17. The van der Waals surface area contributed by atoms with Crippen molar-refractivity contribution in [3.63, 3.8) is 0 Å². The van der Waals surface area contributed by atoms with Gasteiger partial charge in [-0.2, -0.15) is 0 Å². The molecule has 0 bridgehead atoms. The number of rotatable bonds is 6. The summed E-state index contributed by atoms with van der Waals surface area (Å²) in [5.74, 6) is 1.95. The molecule has 0 fully saturated rings. The lowest BCUT2D eigenvalue weighted by Crippen LogP contribution is -2.30. The van der Waals surface area contributed by atoms with Crippen LogP contribution >= 0.6 is 11.6 Å². The maximum atomic E-state index is 5.81. The number of halogens is 1. The number of hydrogen-bond acceptors (Lipinski definition) is 3. The number of anilines is 1. The molecule has 0 aliphatic heterocycles. The van der Waals surface area contributed by atoms with E-state index in [1.165, 1.54) is 6.42 Å². The summed E-state index contributed by atoms with van der Waals surface area (Å²) in [5, 5.41) is 0. The minimum atomic E-state index is 0.476. The standard InChI is InChI=1S/C13H22ClN3/c1-5-10(3)9-17(6-2)13-15-8-12(7-14)11(4)16-13/h8,10H,5-7,9H2,1-4H3. The monoisotopic (exact) mass is 255 g/mol. The molecule has 0 aliphatic carbocycles. The van der Waals surface area contributed by atoms with Crippen LogP contribution in [0.25, 0.3) is 0 Å². The largest absolute Gasteiger partial charge is 0.341 e. The summed E-state index contributed by atoms with van der Waals surface area (Å²) in [5.41, 5.74) is 1.99. The minimum Gasteiger partial charge on any atom is -0.341 e. The predicted molar refractivity (Wildman–Crippen MR) is 73.7 cm³/mol. The fraction of sp³-hybridized carbons (Fsp3) is 0.692. The van der Waals surface area contributed by atoms with Gasteiger partial charge in [-0.25, -0.2) is 9.97 Å². The summed E-state index contributed by atoms with van der Waals surface area (Å²) in [6, 6.07) is 0. The van der Waals surface area contributed by atoms with Crippen LogP contribution in [-0.2, 0) is 5.88 Å². The molecule has 0 spiro atoms. The topological polar surface area (TPSA) is 29.0 Å². The van der Waals surface area contributed by atoms with E-state index in [0.717, 1.165) is 30.3 Å². The van der Waals surface area contributed by atoms with E-state index in [1.54, 1.807) is 0 Å². The Balaban J connectivity index is 2.85. The maximum absolute atomic E-state index is 5.81. The van der Waals surface area contributed by atoms with Crippen LogP contribution < -0.4 is 4.90 Å². The van der Waals surface area contributed by atoms with Crippen LogP contribution in [0.15, 0.2) is 6.20 Å². The highest BCUT2D eigenvalue weighted by Crippen LogP contribution is 2.15. The van der Waals surface area contributed by atoms with Gasteiger partial charge < -0.3 is 4.90 Å². The molecule has 0 amide bonds. The van der Waals surface area contributed by atoms with Gasteiger partial charge in [0.25, 0.3) is 0 Å². The third-order valence-electron chi connectivity index (χ3n) is 3.11. The second-order valence-electron chi connectivity index (χ2n) is 4.47. The number of alkyl halides is 1. The van der Waals surface area contributed by atoms with Gasteiger partial charge in [-0.05, 0) is 19.8 Å². The van der Waals surface area contributed by atoms with Crippen molar-refractivity contribution in [1.29, 1.82) is 0 Å². The quantitative estimate of drug-likeness (QED) is 0.730. The van der Waals surface area contributed by atoms with Gasteiger partial charge in [-0.15, -0.1) is 11.6 Å². The van der Waals surface area contributed by atoms with E-state index in [-0.39, 0.29) is 0 Å². The zero-order valence-corrected chi connectivity index (χ0v) is 12.0. The molecule has 1 heterocycles. The van der Waals surface area contributed by atoms with Gasteiger partial charge in [-0.3, -0.25) is 0 Å². The first-order valence-corrected chi connectivity index (χ1v) is 6.79. The molecule has 1 atom stereocenters. The Morgan fingerprint density at radius 3 is 2.59 bits per heavy atom. The Bertz CT molecular complexity index is 355. The number of nitrogens with zero attached hydrogens (tertiary/aromatic N) is 3. The van der Waals surface area contributed by atoms with Gasteiger partial charge >= 0.3 is 0 Å². The van der Waals surface area contributed by atoms with Crippen LogP contribution in [0.5, 0.6) is 0 Å². The Hall–Kier alpha value is -0.830. The molecule has 96 valence electrons. The summed E-state index contributed by atoms with van der Waals surface area (Å²) in [4.78, 5) is 11.2. The molecule has 1 rings (SSSR count). The van der Waals surface area contributed by atoms with Crippen molar-refractivity contribution in [2.75, 3.05) is 18.0 Å². The molecule has 0 N–H and O–H groups in total. The Kier molecular flexibility index (Phi) is 5.69. The lowest BCUT2D eigenvalue weighted by molar-refractivity contribution is 0.542. The van der Waals surface area contributed by atoms with Crippen molar-refractivity contribution in [3.05, 3.63) is 17.5 Å². The Labute approximate surface area is 109 Å². The van der Waals surface area contributed by atoms with Gasteiger partial charge in [0.2, 0.25) is 5.95 Å². The molecule has 0 saturated heterocycles. The summed E-state index contributed by atoms with van der Waals surface area (Å²) in [6.07, 6.45) is 3.01. The molecule has 0 radical (unpaired) electrons. The first-order chi connectivity index (χ1) is 8.12. The first kappa shape index (κ1) is 14.2. The van der Waals surface area contributed by atoms with Crippen LogP contribution in [-0.4, -0.2) is 23.1 Å². The van der Waals surface area contributed by atoms with Crippen LogP contribution in [0.2, 0.25) is 0 Å². The lowest BCUT2D eigenvalue weighted by Gasteiger charge is -2.24. The van der Waals surface area contributed by atoms with Gasteiger partial charge in [0.05, 0.1) is 5.88 Å². The summed E-state index contributed by atoms with van der Waals surface area (Å²) < 4.78 is 0. The number of aromatic nitrogens is 2. The van der Waals surface area contributed by atoms with Gasteiger partial charge in [0.1, 0.15) is 0 Å². The molecular formula is C13H22ClN3. The normalized spacial score (nSPS) is 12.5. The molecule has 3 nitrogen and oxygen atoms in total. The Morgan fingerprint density at radius 1 is 1.41 bits per heavy atom. The number of aryl methyl sites for hydroxylation is 1. The average Bonchev–Trinajstić information content (AvgIpc) is 2.35. The molecule has 4 heteroatoms. The van der Waals surface area contributed by atoms with Crippen molar-refractivity contribution >= 4 is 17.5 Å². The van der Waals surface area contributed by atoms with E-state index < -0.39 is 0 Å². The van der Waals surface area contributed by atoms with Crippen molar-refractivity contribution < 1.29 is 0 Å². The smallest absolute Gasteiger partial charge is 0.225 e. The van der Waals surface area contributed by atoms with E-state index in [1.807, 2.05) is 13.1 Å². The van der Waals surface area contributed by atoms with Crippen LogP contribution in [0, 0.1) is 12.8 Å². The molecule has 0 aliphatic rings. The lowest BCUT2D eigenvalue weighted by atomic mass is 10.1. The fourth-order valence-electron chi connectivity index (χ4n) is 1.62. The second kappa shape index (κ2) is 6.80. The zero-order chi connectivity index (χ0) is 12.8. The van der Waals surface area contributed by atoms with E-state index in [4.69, 9.17) is 11.6 Å². The van der Waals surface area contributed by atoms with Gasteiger partial charge in [0.15, 0.2) is 0 Å². The molecule has 0 saturated carbocycles. The SMILES string of the molecule is CCC(C)CN(CC)c1ncc(CCl)c(C)n1. The van der Waals surface area contributed by atoms with Gasteiger partial charge in [-0.1, -0.05) is 20.3 Å². The molecular weight excluding hydrogens is 234 g/mol. The molecule has 0 aromatic carbocycles. The van der Waals surface area contributed by atoms with Crippen LogP contribution in [0.1, 0.15) is 38.4 Å². The maximum Gasteiger partial charge on any atom is 0.225 e. The third kappa shape index (κ3) is 3.84. The molecule has 1 aromatic rings. The summed E-state index contributed by atoms with van der Waals surface area (Å²) in [6.45, 7) is 10.5. The summed E-state index contributed by atoms with van der Waals surface area (Å²) >= 11 is 5.81. The minimum absolute atomic E-state index is 0.476. The van der Waals surface area contributed by atoms with Crippen molar-refractivity contribution in [2.24, 2.45) is 5.92 Å². The highest BCUT2D eigenvalue weighted by Gasteiger charge is 2.12. The highest BCUT2D eigenvalue weighted by atomic mass is 35.5. The zero-order valence-electron chi connectivity index (χ0n) is 11.2. The van der Waals surface area contributed by atoms with Crippen LogP contribution in [0.4, 0.5) is 5.95 Å². The molecule has 17 heavy (non-hydrogen) atoms. The van der Waals surface area contributed by atoms with Crippen molar-refractivity contribution in [1.82, 2.24) is 9.97 Å². The van der Waals surface area contributed by atoms with E-state index >= 15 is 0 Å². The number of hydrogen-bond donors (Lipinski definition) is 0. The second-order valence-corrected chi connectivity index (χ2v) is 4.73.